The van der Waals surface area contributed by atoms with E-state index in [0.717, 1.165) is 23.1 Å². The average molecular weight is 400 g/mol. The maximum atomic E-state index is 12.7. The zero-order valence-corrected chi connectivity index (χ0v) is 18.2. The van der Waals surface area contributed by atoms with Gasteiger partial charge in [0.2, 0.25) is 0 Å². The molecule has 0 bridgehead atoms. The Balaban J connectivity index is 1.69. The molecule has 1 aromatic heterocycles. The molecule has 0 N–H and O–H groups in total. The maximum absolute atomic E-state index is 12.7. The number of ether oxygens (including phenoxy) is 1. The summed E-state index contributed by atoms with van der Waals surface area (Å²) in [4.78, 5) is 27.7. The molecule has 3 rings (SSSR count). The van der Waals surface area contributed by atoms with Crippen LogP contribution in [0.2, 0.25) is 0 Å². The molecule has 1 aliphatic heterocycles. The predicted molar refractivity (Wildman–Crippen MR) is 113 cm³/mol. The van der Waals surface area contributed by atoms with Crippen molar-refractivity contribution in [1.29, 1.82) is 0 Å². The van der Waals surface area contributed by atoms with Gasteiger partial charge in [-0.15, -0.1) is 11.3 Å². The van der Waals surface area contributed by atoms with Crippen molar-refractivity contribution in [3.8, 4) is 0 Å². The van der Waals surface area contributed by atoms with Crippen LogP contribution in [0.1, 0.15) is 65.5 Å². The van der Waals surface area contributed by atoms with E-state index in [-0.39, 0.29) is 23.9 Å². The number of carbonyl (C=O) groups is 2. The molecule has 1 aromatic carbocycles. The van der Waals surface area contributed by atoms with E-state index in [2.05, 4.69) is 46.8 Å². The molecular formula is C23H29NO3S. The quantitative estimate of drug-likeness (QED) is 0.679. The second kappa shape index (κ2) is 8.08. The van der Waals surface area contributed by atoms with Gasteiger partial charge in [-0.25, -0.2) is 4.79 Å². The van der Waals surface area contributed by atoms with E-state index in [1.54, 1.807) is 11.0 Å². The highest BCUT2D eigenvalue weighted by Gasteiger charge is 2.36. The van der Waals surface area contributed by atoms with Crippen LogP contribution in [0.5, 0.6) is 0 Å². The van der Waals surface area contributed by atoms with Crippen molar-refractivity contribution >= 4 is 23.2 Å². The number of carbonyl (C=O) groups excluding carboxylic acids is 2. The van der Waals surface area contributed by atoms with E-state index >= 15 is 0 Å². The van der Waals surface area contributed by atoms with Gasteiger partial charge in [-0.2, -0.15) is 0 Å². The van der Waals surface area contributed by atoms with Gasteiger partial charge in [0.25, 0.3) is 5.91 Å². The molecule has 1 atom stereocenters. The monoisotopic (exact) mass is 399 g/mol. The van der Waals surface area contributed by atoms with E-state index in [0.29, 0.717) is 17.8 Å². The first-order valence-corrected chi connectivity index (χ1v) is 10.7. The first-order valence-electron chi connectivity index (χ1n) is 9.80. The molecule has 5 heteroatoms. The molecule has 1 fully saturated rings. The highest BCUT2D eigenvalue weighted by atomic mass is 32.1. The Labute approximate surface area is 171 Å². The average Bonchev–Trinajstić information content (AvgIpc) is 3.31. The highest BCUT2D eigenvalue weighted by molar-refractivity contribution is 7.12. The lowest BCUT2D eigenvalue weighted by molar-refractivity contribution is -0.149. The van der Waals surface area contributed by atoms with Crippen LogP contribution in [-0.2, 0) is 21.6 Å². The van der Waals surface area contributed by atoms with Crippen LogP contribution in [0.15, 0.2) is 29.6 Å². The molecule has 1 aliphatic rings. The first kappa shape index (κ1) is 20.6. The van der Waals surface area contributed by atoms with E-state index in [4.69, 9.17) is 4.74 Å². The SMILES string of the molecule is Cc1cc(C(C)(C)C)cc(C)c1COC(=O)C1CCCN1C(=O)c1cccs1. The van der Waals surface area contributed by atoms with Crippen molar-refractivity contribution in [2.45, 2.75) is 65.5 Å². The lowest BCUT2D eigenvalue weighted by Crippen LogP contribution is -2.41. The maximum Gasteiger partial charge on any atom is 0.329 e. The number of thiophene rings is 1. The van der Waals surface area contributed by atoms with Gasteiger partial charge in [-0.05, 0) is 65.8 Å². The van der Waals surface area contributed by atoms with E-state index in [9.17, 15) is 9.59 Å². The van der Waals surface area contributed by atoms with Gasteiger partial charge < -0.3 is 9.64 Å². The second-order valence-corrected chi connectivity index (χ2v) is 9.53. The van der Waals surface area contributed by atoms with Gasteiger partial charge in [-0.1, -0.05) is 39.0 Å². The Morgan fingerprint density at radius 2 is 1.89 bits per heavy atom. The summed E-state index contributed by atoms with van der Waals surface area (Å²) in [5, 5.41) is 1.88. The standard InChI is InChI=1S/C23H29NO3S/c1-15-12-17(23(3,4)5)13-16(2)18(15)14-27-22(26)19-8-6-10-24(19)21(25)20-9-7-11-28-20/h7,9,11-13,19H,6,8,10,14H2,1-5H3. The molecule has 0 radical (unpaired) electrons. The van der Waals surface area contributed by atoms with Crippen molar-refractivity contribution in [2.24, 2.45) is 0 Å². The van der Waals surface area contributed by atoms with Crippen molar-refractivity contribution in [2.75, 3.05) is 6.54 Å². The van der Waals surface area contributed by atoms with Gasteiger partial charge in [0, 0.05) is 6.54 Å². The molecule has 1 unspecified atom stereocenters. The van der Waals surface area contributed by atoms with E-state index in [1.807, 2.05) is 11.4 Å². The van der Waals surface area contributed by atoms with Gasteiger partial charge in [0.1, 0.15) is 12.6 Å². The number of amides is 1. The molecule has 2 aromatic rings. The molecule has 0 saturated carbocycles. The molecule has 150 valence electrons. The number of rotatable bonds is 4. The molecule has 0 spiro atoms. The normalized spacial score (nSPS) is 17.0. The van der Waals surface area contributed by atoms with Crippen molar-refractivity contribution in [3.05, 3.63) is 56.8 Å². The summed E-state index contributed by atoms with van der Waals surface area (Å²) in [6.45, 7) is 11.6. The molecule has 0 aliphatic carbocycles. The van der Waals surface area contributed by atoms with Gasteiger partial charge >= 0.3 is 5.97 Å². The molecule has 1 amide bonds. The van der Waals surface area contributed by atoms with Crippen LogP contribution in [0, 0.1) is 13.8 Å². The lowest BCUT2D eigenvalue weighted by Gasteiger charge is -2.24. The number of hydrogen-bond donors (Lipinski definition) is 0. The number of likely N-dealkylation sites (tertiary alicyclic amines) is 1. The summed E-state index contributed by atoms with van der Waals surface area (Å²) < 4.78 is 5.67. The Morgan fingerprint density at radius 3 is 2.46 bits per heavy atom. The Bertz CT molecular complexity index is 841. The molecular weight excluding hydrogens is 370 g/mol. The fraction of sp³-hybridized carbons (Fsp3) is 0.478. The summed E-state index contributed by atoms with van der Waals surface area (Å²) in [5.41, 5.74) is 4.68. The van der Waals surface area contributed by atoms with Crippen molar-refractivity contribution in [1.82, 2.24) is 4.90 Å². The first-order chi connectivity index (χ1) is 13.2. The smallest absolute Gasteiger partial charge is 0.329 e. The van der Waals surface area contributed by atoms with Gasteiger partial charge in [0.15, 0.2) is 0 Å². The summed E-state index contributed by atoms with van der Waals surface area (Å²) >= 11 is 1.41. The highest BCUT2D eigenvalue weighted by Crippen LogP contribution is 2.28. The van der Waals surface area contributed by atoms with Gasteiger partial charge in [-0.3, -0.25) is 4.79 Å². The van der Waals surface area contributed by atoms with Crippen molar-refractivity contribution in [3.63, 3.8) is 0 Å². The Hall–Kier alpha value is -2.14. The third-order valence-corrected chi connectivity index (χ3v) is 6.30. The Morgan fingerprint density at radius 1 is 1.21 bits per heavy atom. The number of esters is 1. The predicted octanol–water partition coefficient (Wildman–Crippen LogP) is 5.01. The summed E-state index contributed by atoms with van der Waals surface area (Å²) in [7, 11) is 0. The third kappa shape index (κ3) is 4.30. The summed E-state index contributed by atoms with van der Waals surface area (Å²) in [5.74, 6) is -0.377. The largest absolute Gasteiger partial charge is 0.459 e. The minimum absolute atomic E-state index is 0.0728. The number of aryl methyl sites for hydroxylation is 2. The number of benzene rings is 1. The van der Waals surface area contributed by atoms with E-state index in [1.165, 1.54) is 16.9 Å². The number of nitrogens with zero attached hydrogens (tertiary/aromatic N) is 1. The van der Waals surface area contributed by atoms with Crippen LogP contribution in [-0.4, -0.2) is 29.4 Å². The van der Waals surface area contributed by atoms with Gasteiger partial charge in [0.05, 0.1) is 4.88 Å². The van der Waals surface area contributed by atoms with E-state index < -0.39 is 6.04 Å². The third-order valence-electron chi connectivity index (χ3n) is 5.44. The lowest BCUT2D eigenvalue weighted by atomic mass is 9.84. The minimum atomic E-state index is -0.482. The second-order valence-electron chi connectivity index (χ2n) is 8.58. The van der Waals surface area contributed by atoms with Crippen LogP contribution in [0.25, 0.3) is 0 Å². The topological polar surface area (TPSA) is 46.6 Å². The summed E-state index contributed by atoms with van der Waals surface area (Å²) in [6.07, 6.45) is 1.49. The zero-order valence-electron chi connectivity index (χ0n) is 17.4. The zero-order chi connectivity index (χ0) is 20.5. The van der Waals surface area contributed by atoms with Crippen LogP contribution in [0.3, 0.4) is 0 Å². The molecule has 1 saturated heterocycles. The fourth-order valence-electron chi connectivity index (χ4n) is 3.69. The van der Waals surface area contributed by atoms with Crippen molar-refractivity contribution < 1.29 is 14.3 Å². The number of hydrogen-bond acceptors (Lipinski definition) is 4. The summed E-state index contributed by atoms with van der Waals surface area (Å²) in [6, 6.07) is 7.53. The minimum Gasteiger partial charge on any atom is -0.459 e. The van der Waals surface area contributed by atoms with Crippen LogP contribution >= 0.6 is 11.3 Å². The van der Waals surface area contributed by atoms with Crippen LogP contribution < -0.4 is 0 Å². The Kier molecular flexibility index (Phi) is 5.94. The van der Waals surface area contributed by atoms with Crippen LogP contribution in [0.4, 0.5) is 0 Å². The fourth-order valence-corrected chi connectivity index (χ4v) is 4.37. The molecule has 28 heavy (non-hydrogen) atoms. The molecule has 2 heterocycles. The molecule has 4 nitrogen and oxygen atoms in total.